The minimum Gasteiger partial charge on any atom is -0.480 e. The highest BCUT2D eigenvalue weighted by molar-refractivity contribution is 5.79. The average molecular weight is 225 g/mol. The van der Waals surface area contributed by atoms with Gasteiger partial charge in [-0.3, -0.25) is 9.69 Å². The van der Waals surface area contributed by atoms with Crippen LogP contribution in [0.3, 0.4) is 0 Å². The number of carboxylic acid groups (broad SMARTS) is 1. The van der Waals surface area contributed by atoms with Gasteiger partial charge in [0, 0.05) is 6.04 Å². The zero-order valence-corrected chi connectivity index (χ0v) is 10.4. The van der Waals surface area contributed by atoms with Crippen molar-refractivity contribution in [3.05, 3.63) is 0 Å². The molecule has 0 radical (unpaired) electrons. The molecule has 1 aliphatic heterocycles. The Morgan fingerprint density at radius 2 is 2.19 bits per heavy atom. The SMILES string of the molecule is CCCC1(C(=O)O)CCCN1C1CC(C)C1. The van der Waals surface area contributed by atoms with Crippen LogP contribution in [0.15, 0.2) is 0 Å². The van der Waals surface area contributed by atoms with E-state index in [4.69, 9.17) is 0 Å². The third-order valence-corrected chi connectivity index (χ3v) is 4.39. The third-order valence-electron chi connectivity index (χ3n) is 4.39. The first kappa shape index (κ1) is 11.9. The highest BCUT2D eigenvalue weighted by atomic mass is 16.4. The lowest BCUT2D eigenvalue weighted by molar-refractivity contribution is -0.153. The van der Waals surface area contributed by atoms with Crippen LogP contribution in [0.1, 0.15) is 52.4 Å². The molecule has 2 aliphatic rings. The van der Waals surface area contributed by atoms with Crippen molar-refractivity contribution in [3.8, 4) is 0 Å². The summed E-state index contributed by atoms with van der Waals surface area (Å²) in [5.41, 5.74) is -0.528. The number of carboxylic acids is 1. The largest absolute Gasteiger partial charge is 0.480 e. The van der Waals surface area contributed by atoms with E-state index >= 15 is 0 Å². The molecule has 3 nitrogen and oxygen atoms in total. The van der Waals surface area contributed by atoms with Crippen molar-refractivity contribution in [2.24, 2.45) is 5.92 Å². The number of nitrogens with zero attached hydrogens (tertiary/aromatic N) is 1. The summed E-state index contributed by atoms with van der Waals surface area (Å²) in [6.45, 7) is 5.34. The van der Waals surface area contributed by atoms with E-state index in [1.807, 2.05) is 0 Å². The summed E-state index contributed by atoms with van der Waals surface area (Å²) >= 11 is 0. The maximum absolute atomic E-state index is 11.6. The van der Waals surface area contributed by atoms with Gasteiger partial charge in [-0.2, -0.15) is 0 Å². The molecule has 1 aliphatic carbocycles. The lowest BCUT2D eigenvalue weighted by Gasteiger charge is -2.46. The Morgan fingerprint density at radius 3 is 2.69 bits per heavy atom. The van der Waals surface area contributed by atoms with Crippen molar-refractivity contribution < 1.29 is 9.90 Å². The summed E-state index contributed by atoms with van der Waals surface area (Å²) in [5.74, 6) is 0.199. The minimum atomic E-state index is -0.591. The van der Waals surface area contributed by atoms with Crippen molar-refractivity contribution in [1.82, 2.24) is 4.90 Å². The van der Waals surface area contributed by atoms with Crippen LogP contribution in [0.25, 0.3) is 0 Å². The second kappa shape index (κ2) is 4.36. The standard InChI is InChI=1S/C13H23NO2/c1-3-5-13(12(15)16)6-4-7-14(13)11-8-10(2)9-11/h10-11H,3-9H2,1-2H3,(H,15,16). The summed E-state index contributed by atoms with van der Waals surface area (Å²) in [5, 5.41) is 9.56. The Balaban J connectivity index is 2.12. The van der Waals surface area contributed by atoms with Crippen LogP contribution in [0.2, 0.25) is 0 Å². The molecule has 1 unspecified atom stereocenters. The van der Waals surface area contributed by atoms with Crippen molar-refractivity contribution in [2.75, 3.05) is 6.54 Å². The highest BCUT2D eigenvalue weighted by Gasteiger charge is 2.51. The molecular weight excluding hydrogens is 202 g/mol. The Morgan fingerprint density at radius 1 is 1.50 bits per heavy atom. The fraction of sp³-hybridized carbons (Fsp3) is 0.923. The Kier molecular flexibility index (Phi) is 3.24. The van der Waals surface area contributed by atoms with Crippen LogP contribution in [0, 0.1) is 5.92 Å². The van der Waals surface area contributed by atoms with Crippen LogP contribution in [-0.4, -0.2) is 34.1 Å². The van der Waals surface area contributed by atoms with Crippen LogP contribution < -0.4 is 0 Å². The van der Waals surface area contributed by atoms with Gasteiger partial charge in [0.1, 0.15) is 5.54 Å². The van der Waals surface area contributed by atoms with Crippen molar-refractivity contribution >= 4 is 5.97 Å². The van der Waals surface area contributed by atoms with Gasteiger partial charge in [-0.05, 0) is 44.6 Å². The molecule has 3 heteroatoms. The first-order chi connectivity index (χ1) is 7.60. The first-order valence-electron chi connectivity index (χ1n) is 6.60. The van der Waals surface area contributed by atoms with Gasteiger partial charge in [-0.25, -0.2) is 0 Å². The van der Waals surface area contributed by atoms with E-state index in [0.717, 1.165) is 38.1 Å². The fourth-order valence-corrected chi connectivity index (χ4v) is 3.56. The number of likely N-dealkylation sites (tertiary alicyclic amines) is 1. The number of carbonyl (C=O) groups is 1. The van der Waals surface area contributed by atoms with Gasteiger partial charge >= 0.3 is 5.97 Å². The van der Waals surface area contributed by atoms with E-state index in [1.165, 1.54) is 12.8 Å². The summed E-state index contributed by atoms with van der Waals surface area (Å²) < 4.78 is 0. The first-order valence-corrected chi connectivity index (χ1v) is 6.60. The predicted octanol–water partition coefficient (Wildman–Crippen LogP) is 2.50. The zero-order valence-electron chi connectivity index (χ0n) is 10.4. The van der Waals surface area contributed by atoms with Crippen LogP contribution in [0.5, 0.6) is 0 Å². The summed E-state index contributed by atoms with van der Waals surface area (Å²) in [7, 11) is 0. The second-order valence-corrected chi connectivity index (χ2v) is 5.61. The predicted molar refractivity (Wildman–Crippen MR) is 63.4 cm³/mol. The lowest BCUT2D eigenvalue weighted by atomic mass is 9.78. The van der Waals surface area contributed by atoms with E-state index in [2.05, 4.69) is 18.7 Å². The van der Waals surface area contributed by atoms with Crippen molar-refractivity contribution in [3.63, 3.8) is 0 Å². The number of rotatable bonds is 4. The quantitative estimate of drug-likeness (QED) is 0.799. The molecule has 1 heterocycles. The normalized spacial score (nSPS) is 39.6. The molecular formula is C13H23NO2. The molecule has 2 fully saturated rings. The van der Waals surface area contributed by atoms with Crippen LogP contribution in [-0.2, 0) is 4.79 Å². The molecule has 1 N–H and O–H groups in total. The lowest BCUT2D eigenvalue weighted by Crippen LogP contribution is -2.57. The molecule has 92 valence electrons. The molecule has 0 bridgehead atoms. The second-order valence-electron chi connectivity index (χ2n) is 5.61. The van der Waals surface area contributed by atoms with Gasteiger partial charge in [0.2, 0.25) is 0 Å². The van der Waals surface area contributed by atoms with E-state index in [1.54, 1.807) is 0 Å². The Bertz CT molecular complexity index is 273. The molecule has 1 saturated carbocycles. The monoisotopic (exact) mass is 225 g/mol. The fourth-order valence-electron chi connectivity index (χ4n) is 3.56. The van der Waals surface area contributed by atoms with Gasteiger partial charge in [0.25, 0.3) is 0 Å². The van der Waals surface area contributed by atoms with E-state index < -0.39 is 11.5 Å². The van der Waals surface area contributed by atoms with Crippen molar-refractivity contribution in [1.29, 1.82) is 0 Å². The van der Waals surface area contributed by atoms with Crippen LogP contribution >= 0.6 is 0 Å². The van der Waals surface area contributed by atoms with Gasteiger partial charge < -0.3 is 5.11 Å². The zero-order chi connectivity index (χ0) is 11.8. The Hall–Kier alpha value is -0.570. The maximum Gasteiger partial charge on any atom is 0.324 e. The molecule has 0 spiro atoms. The highest BCUT2D eigenvalue weighted by Crippen LogP contribution is 2.42. The number of hydrogen-bond acceptors (Lipinski definition) is 2. The average Bonchev–Trinajstić information content (AvgIpc) is 2.58. The summed E-state index contributed by atoms with van der Waals surface area (Å²) in [6.07, 6.45) is 6.06. The van der Waals surface area contributed by atoms with Crippen molar-refractivity contribution in [2.45, 2.75) is 64.0 Å². The third kappa shape index (κ3) is 1.75. The summed E-state index contributed by atoms with van der Waals surface area (Å²) in [6, 6.07) is 0.542. The van der Waals surface area contributed by atoms with Gasteiger partial charge in [0.15, 0.2) is 0 Å². The van der Waals surface area contributed by atoms with E-state index in [9.17, 15) is 9.90 Å². The molecule has 2 rings (SSSR count). The van der Waals surface area contributed by atoms with E-state index in [-0.39, 0.29) is 0 Å². The molecule has 0 aromatic rings. The summed E-state index contributed by atoms with van der Waals surface area (Å²) in [4.78, 5) is 13.9. The molecule has 0 aromatic carbocycles. The molecule has 1 atom stereocenters. The van der Waals surface area contributed by atoms with Gasteiger partial charge in [-0.15, -0.1) is 0 Å². The minimum absolute atomic E-state index is 0.528. The smallest absolute Gasteiger partial charge is 0.324 e. The Labute approximate surface area is 97.8 Å². The molecule has 16 heavy (non-hydrogen) atoms. The van der Waals surface area contributed by atoms with Gasteiger partial charge in [-0.1, -0.05) is 20.3 Å². The van der Waals surface area contributed by atoms with Crippen LogP contribution in [0.4, 0.5) is 0 Å². The van der Waals surface area contributed by atoms with Gasteiger partial charge in [0.05, 0.1) is 0 Å². The molecule has 1 saturated heterocycles. The molecule has 0 amide bonds. The molecule has 0 aromatic heterocycles. The van der Waals surface area contributed by atoms with E-state index in [0.29, 0.717) is 6.04 Å². The maximum atomic E-state index is 11.6. The number of hydrogen-bond donors (Lipinski definition) is 1. The number of aliphatic carboxylic acids is 1. The topological polar surface area (TPSA) is 40.5 Å².